The molecule has 0 aliphatic carbocycles. The number of aromatic nitrogens is 2. The standard InChI is InChI=1S/C16H18N4OS/c1-11-14(22-16-18-9-10-20(11)16)15(21)19-13-5-3-12(4-6-13)7-8-17-2/h3-6,9-10,17H,7-8H2,1-2H3,(H,19,21). The Labute approximate surface area is 133 Å². The Hall–Kier alpha value is -2.18. The number of carbonyl (C=O) groups excluding carboxylic acids is 1. The number of nitrogens with one attached hydrogen (secondary N) is 2. The van der Waals surface area contributed by atoms with Crippen molar-refractivity contribution in [3.8, 4) is 0 Å². The monoisotopic (exact) mass is 314 g/mol. The van der Waals surface area contributed by atoms with Crippen LogP contribution in [0.4, 0.5) is 5.69 Å². The first-order valence-corrected chi connectivity index (χ1v) is 7.98. The summed E-state index contributed by atoms with van der Waals surface area (Å²) in [5, 5.41) is 6.07. The lowest BCUT2D eigenvalue weighted by atomic mass is 10.1. The molecule has 0 fully saturated rings. The van der Waals surface area contributed by atoms with Crippen LogP contribution in [0.15, 0.2) is 36.7 Å². The molecule has 6 heteroatoms. The normalized spacial score (nSPS) is 11.0. The van der Waals surface area contributed by atoms with Gasteiger partial charge in [0, 0.05) is 23.8 Å². The molecule has 0 unspecified atom stereocenters. The van der Waals surface area contributed by atoms with Gasteiger partial charge in [-0.2, -0.15) is 0 Å². The smallest absolute Gasteiger partial charge is 0.267 e. The van der Waals surface area contributed by atoms with E-state index in [2.05, 4.69) is 15.6 Å². The van der Waals surface area contributed by atoms with Crippen LogP contribution >= 0.6 is 11.3 Å². The van der Waals surface area contributed by atoms with Crippen LogP contribution in [-0.4, -0.2) is 28.9 Å². The van der Waals surface area contributed by atoms with E-state index >= 15 is 0 Å². The fourth-order valence-corrected chi connectivity index (χ4v) is 3.30. The maximum Gasteiger partial charge on any atom is 0.267 e. The molecule has 0 atom stereocenters. The van der Waals surface area contributed by atoms with Gasteiger partial charge in [-0.3, -0.25) is 9.20 Å². The lowest BCUT2D eigenvalue weighted by molar-refractivity contribution is 0.102. The summed E-state index contributed by atoms with van der Waals surface area (Å²) in [6.45, 7) is 2.88. The highest BCUT2D eigenvalue weighted by molar-refractivity contribution is 7.19. The third-order valence-electron chi connectivity index (χ3n) is 3.57. The average Bonchev–Trinajstić information content (AvgIpc) is 3.10. The SMILES string of the molecule is CNCCc1ccc(NC(=O)c2sc3nccn3c2C)cc1. The number of benzene rings is 1. The minimum atomic E-state index is -0.0871. The molecular weight excluding hydrogens is 296 g/mol. The summed E-state index contributed by atoms with van der Waals surface area (Å²) in [5.41, 5.74) is 2.97. The zero-order valence-electron chi connectivity index (χ0n) is 12.6. The van der Waals surface area contributed by atoms with Gasteiger partial charge in [-0.1, -0.05) is 23.5 Å². The van der Waals surface area contributed by atoms with E-state index in [0.717, 1.165) is 29.3 Å². The van der Waals surface area contributed by atoms with E-state index in [-0.39, 0.29) is 5.91 Å². The molecule has 114 valence electrons. The van der Waals surface area contributed by atoms with Gasteiger partial charge in [0.2, 0.25) is 0 Å². The molecule has 3 aromatic rings. The minimum absolute atomic E-state index is 0.0871. The fraction of sp³-hybridized carbons (Fsp3) is 0.250. The number of anilines is 1. The Morgan fingerprint density at radius 1 is 1.32 bits per heavy atom. The van der Waals surface area contributed by atoms with Gasteiger partial charge in [-0.05, 0) is 44.6 Å². The molecule has 3 rings (SSSR count). The zero-order valence-corrected chi connectivity index (χ0v) is 13.4. The molecule has 22 heavy (non-hydrogen) atoms. The number of nitrogens with zero attached hydrogens (tertiary/aromatic N) is 2. The van der Waals surface area contributed by atoms with Crippen molar-refractivity contribution in [1.82, 2.24) is 14.7 Å². The van der Waals surface area contributed by atoms with Crippen LogP contribution in [0.3, 0.4) is 0 Å². The molecule has 0 aliphatic rings. The van der Waals surface area contributed by atoms with Crippen molar-refractivity contribution < 1.29 is 4.79 Å². The molecule has 0 bridgehead atoms. The van der Waals surface area contributed by atoms with Gasteiger partial charge in [0.15, 0.2) is 4.96 Å². The maximum absolute atomic E-state index is 12.4. The van der Waals surface area contributed by atoms with Gasteiger partial charge < -0.3 is 10.6 Å². The summed E-state index contributed by atoms with van der Waals surface area (Å²) in [6, 6.07) is 7.97. The Kier molecular flexibility index (Phi) is 4.22. The van der Waals surface area contributed by atoms with Crippen molar-refractivity contribution >= 4 is 27.9 Å². The average molecular weight is 314 g/mol. The summed E-state index contributed by atoms with van der Waals surface area (Å²) in [4.78, 5) is 18.2. The van der Waals surface area contributed by atoms with Crippen LogP contribution in [0.5, 0.6) is 0 Å². The third kappa shape index (κ3) is 2.88. The molecule has 1 aromatic carbocycles. The number of amides is 1. The highest BCUT2D eigenvalue weighted by Crippen LogP contribution is 2.23. The van der Waals surface area contributed by atoms with Crippen LogP contribution in [0.25, 0.3) is 4.96 Å². The van der Waals surface area contributed by atoms with Gasteiger partial charge >= 0.3 is 0 Å². The quantitative estimate of drug-likeness (QED) is 0.761. The maximum atomic E-state index is 12.4. The molecular formula is C16H18N4OS. The Morgan fingerprint density at radius 3 is 2.77 bits per heavy atom. The highest BCUT2D eigenvalue weighted by atomic mass is 32.1. The molecule has 2 N–H and O–H groups in total. The number of imidazole rings is 1. The van der Waals surface area contributed by atoms with Gasteiger partial charge in [-0.15, -0.1) is 0 Å². The molecule has 0 spiro atoms. The van der Waals surface area contributed by atoms with E-state index in [1.165, 1.54) is 16.9 Å². The van der Waals surface area contributed by atoms with E-state index < -0.39 is 0 Å². The largest absolute Gasteiger partial charge is 0.321 e. The van der Waals surface area contributed by atoms with Crippen molar-refractivity contribution in [3.63, 3.8) is 0 Å². The molecule has 2 aromatic heterocycles. The molecule has 5 nitrogen and oxygen atoms in total. The first-order chi connectivity index (χ1) is 10.7. The van der Waals surface area contributed by atoms with Gasteiger partial charge in [0.1, 0.15) is 4.88 Å². The molecule has 2 heterocycles. The summed E-state index contributed by atoms with van der Waals surface area (Å²) in [7, 11) is 1.94. The first kappa shape index (κ1) is 14.7. The lowest BCUT2D eigenvalue weighted by Crippen LogP contribution is -2.12. The van der Waals surface area contributed by atoms with Crippen molar-refractivity contribution in [2.75, 3.05) is 18.9 Å². The van der Waals surface area contributed by atoms with Gasteiger partial charge in [0.05, 0.1) is 0 Å². The Morgan fingerprint density at radius 2 is 2.09 bits per heavy atom. The summed E-state index contributed by atoms with van der Waals surface area (Å²) >= 11 is 1.40. The van der Waals surface area contributed by atoms with Crippen molar-refractivity contribution in [1.29, 1.82) is 0 Å². The zero-order chi connectivity index (χ0) is 15.5. The predicted molar refractivity (Wildman–Crippen MR) is 89.8 cm³/mol. The third-order valence-corrected chi connectivity index (χ3v) is 4.74. The topological polar surface area (TPSA) is 58.4 Å². The van der Waals surface area contributed by atoms with E-state index in [1.807, 2.05) is 48.8 Å². The lowest BCUT2D eigenvalue weighted by Gasteiger charge is -2.06. The van der Waals surface area contributed by atoms with Crippen molar-refractivity contribution in [2.24, 2.45) is 0 Å². The van der Waals surface area contributed by atoms with Crippen LogP contribution in [-0.2, 0) is 6.42 Å². The van der Waals surface area contributed by atoms with E-state index in [1.54, 1.807) is 6.20 Å². The van der Waals surface area contributed by atoms with Gasteiger partial charge in [-0.25, -0.2) is 4.98 Å². The second kappa shape index (κ2) is 6.29. The number of thiazole rings is 1. The highest BCUT2D eigenvalue weighted by Gasteiger charge is 2.16. The molecule has 0 saturated carbocycles. The molecule has 1 amide bonds. The van der Waals surface area contributed by atoms with Gasteiger partial charge in [0.25, 0.3) is 5.91 Å². The Bertz CT molecular complexity index is 788. The molecule has 0 aliphatic heterocycles. The van der Waals surface area contributed by atoms with E-state index in [4.69, 9.17) is 0 Å². The summed E-state index contributed by atoms with van der Waals surface area (Å²) in [5.74, 6) is -0.0871. The second-order valence-corrected chi connectivity index (χ2v) is 6.08. The second-order valence-electron chi connectivity index (χ2n) is 5.10. The van der Waals surface area contributed by atoms with Crippen LogP contribution < -0.4 is 10.6 Å². The number of fused-ring (bicyclic) bond motifs is 1. The number of aryl methyl sites for hydroxylation is 1. The van der Waals surface area contributed by atoms with Crippen molar-refractivity contribution in [3.05, 3.63) is 52.8 Å². The van der Waals surface area contributed by atoms with Crippen LogP contribution in [0.1, 0.15) is 20.9 Å². The van der Waals surface area contributed by atoms with Crippen molar-refractivity contribution in [2.45, 2.75) is 13.3 Å². The number of hydrogen-bond acceptors (Lipinski definition) is 4. The molecule has 0 radical (unpaired) electrons. The fourth-order valence-electron chi connectivity index (χ4n) is 2.32. The minimum Gasteiger partial charge on any atom is -0.321 e. The number of hydrogen-bond donors (Lipinski definition) is 2. The van der Waals surface area contributed by atoms with Crippen LogP contribution in [0.2, 0.25) is 0 Å². The predicted octanol–water partition coefficient (Wildman–Crippen LogP) is 2.72. The number of rotatable bonds is 5. The van der Waals surface area contributed by atoms with Crippen LogP contribution in [0, 0.1) is 6.92 Å². The summed E-state index contributed by atoms with van der Waals surface area (Å²) in [6.07, 6.45) is 4.59. The van der Waals surface area contributed by atoms with E-state index in [9.17, 15) is 4.79 Å². The summed E-state index contributed by atoms with van der Waals surface area (Å²) < 4.78 is 1.93. The first-order valence-electron chi connectivity index (χ1n) is 7.16. The van der Waals surface area contributed by atoms with E-state index in [0.29, 0.717) is 4.88 Å². The Balaban J connectivity index is 1.73. The number of carbonyl (C=O) groups is 1. The molecule has 0 saturated heterocycles. The number of likely N-dealkylation sites (N-methyl/N-ethyl adjacent to an activating group) is 1.